The normalized spacial score (nSPS) is 11.1. The largest absolute Gasteiger partial charge is 0.378 e. The van der Waals surface area contributed by atoms with Gasteiger partial charge in [-0.15, -0.1) is 0 Å². The topological polar surface area (TPSA) is 33.4 Å². The van der Waals surface area contributed by atoms with E-state index in [1.807, 2.05) is 31.7 Å². The summed E-state index contributed by atoms with van der Waals surface area (Å²) in [4.78, 5) is 7.61. The summed E-state index contributed by atoms with van der Waals surface area (Å²) in [5.74, 6) is 0. The SMILES string of the molecule is Cc1nn2cc(-c3ccc(N(C)C)cc3)nc2s1. The second-order valence-corrected chi connectivity index (χ2v) is 5.58. The molecule has 2 aromatic heterocycles. The second kappa shape index (κ2) is 4.10. The molecule has 0 amide bonds. The van der Waals surface area contributed by atoms with Gasteiger partial charge in [-0.05, 0) is 19.1 Å². The van der Waals surface area contributed by atoms with E-state index < -0.39 is 0 Å². The maximum atomic E-state index is 4.58. The Bertz CT molecular complexity index is 647. The number of benzene rings is 1. The zero-order chi connectivity index (χ0) is 12.7. The molecule has 4 nitrogen and oxygen atoms in total. The minimum absolute atomic E-state index is 0.944. The van der Waals surface area contributed by atoms with Gasteiger partial charge in [0.05, 0.1) is 11.9 Å². The average molecular weight is 258 g/mol. The second-order valence-electron chi connectivity index (χ2n) is 4.42. The molecule has 0 radical (unpaired) electrons. The van der Waals surface area contributed by atoms with E-state index in [1.165, 1.54) is 5.69 Å². The predicted molar refractivity (Wildman–Crippen MR) is 75.4 cm³/mol. The van der Waals surface area contributed by atoms with Gasteiger partial charge in [-0.1, -0.05) is 23.5 Å². The summed E-state index contributed by atoms with van der Waals surface area (Å²) in [5, 5.41) is 5.40. The molecule has 0 unspecified atom stereocenters. The maximum absolute atomic E-state index is 4.58. The van der Waals surface area contributed by atoms with Crippen molar-refractivity contribution in [3.8, 4) is 11.3 Å². The fourth-order valence-electron chi connectivity index (χ4n) is 1.87. The minimum Gasteiger partial charge on any atom is -0.378 e. The number of nitrogens with zero attached hydrogens (tertiary/aromatic N) is 4. The zero-order valence-corrected chi connectivity index (χ0v) is 11.4. The zero-order valence-electron chi connectivity index (χ0n) is 10.6. The summed E-state index contributed by atoms with van der Waals surface area (Å²) >= 11 is 1.61. The lowest BCUT2D eigenvalue weighted by atomic mass is 10.1. The highest BCUT2D eigenvalue weighted by Gasteiger charge is 2.07. The van der Waals surface area contributed by atoms with E-state index in [-0.39, 0.29) is 0 Å². The molecule has 0 aliphatic heterocycles. The Morgan fingerprint density at radius 1 is 1.17 bits per heavy atom. The van der Waals surface area contributed by atoms with Crippen LogP contribution in [0.3, 0.4) is 0 Å². The molecule has 0 atom stereocenters. The first-order valence-electron chi connectivity index (χ1n) is 5.74. The van der Waals surface area contributed by atoms with Crippen molar-refractivity contribution in [1.29, 1.82) is 0 Å². The molecule has 0 N–H and O–H groups in total. The van der Waals surface area contributed by atoms with E-state index in [0.29, 0.717) is 0 Å². The van der Waals surface area contributed by atoms with Gasteiger partial charge in [0.25, 0.3) is 0 Å². The van der Waals surface area contributed by atoms with Crippen molar-refractivity contribution in [2.75, 3.05) is 19.0 Å². The molecule has 18 heavy (non-hydrogen) atoms. The van der Waals surface area contributed by atoms with Gasteiger partial charge in [-0.25, -0.2) is 9.50 Å². The quantitative estimate of drug-likeness (QED) is 0.708. The molecule has 3 rings (SSSR count). The van der Waals surface area contributed by atoms with Crippen molar-refractivity contribution in [2.45, 2.75) is 6.92 Å². The molecule has 92 valence electrons. The van der Waals surface area contributed by atoms with Crippen molar-refractivity contribution < 1.29 is 0 Å². The first kappa shape index (κ1) is 11.2. The predicted octanol–water partition coefficient (Wildman–Crippen LogP) is 2.83. The Balaban J connectivity index is 2.00. The van der Waals surface area contributed by atoms with Gasteiger partial charge in [0.15, 0.2) is 0 Å². The van der Waals surface area contributed by atoms with Crippen LogP contribution in [0.4, 0.5) is 5.69 Å². The number of hydrogen-bond acceptors (Lipinski definition) is 4. The van der Waals surface area contributed by atoms with Crippen molar-refractivity contribution in [2.24, 2.45) is 0 Å². The van der Waals surface area contributed by atoms with Crippen LogP contribution in [0.15, 0.2) is 30.5 Å². The Morgan fingerprint density at radius 3 is 2.50 bits per heavy atom. The lowest BCUT2D eigenvalue weighted by Gasteiger charge is -2.11. The van der Waals surface area contributed by atoms with Crippen LogP contribution in [-0.2, 0) is 0 Å². The smallest absolute Gasteiger partial charge is 0.212 e. The van der Waals surface area contributed by atoms with Crippen LogP contribution >= 0.6 is 11.3 Å². The number of imidazole rings is 1. The summed E-state index contributed by atoms with van der Waals surface area (Å²) in [5.41, 5.74) is 3.28. The van der Waals surface area contributed by atoms with Crippen molar-refractivity contribution in [3.63, 3.8) is 0 Å². The first-order valence-corrected chi connectivity index (χ1v) is 6.56. The van der Waals surface area contributed by atoms with E-state index >= 15 is 0 Å². The monoisotopic (exact) mass is 258 g/mol. The third-order valence-corrected chi connectivity index (χ3v) is 3.66. The Hall–Kier alpha value is -1.88. The Kier molecular flexibility index (Phi) is 2.56. The standard InChI is InChI=1S/C13H14N4S/c1-9-15-17-8-12(14-13(17)18-9)10-4-6-11(7-5-10)16(2)3/h4-8H,1-3H3. The molecule has 0 aliphatic carbocycles. The molecular weight excluding hydrogens is 244 g/mol. The molecule has 3 aromatic rings. The molecule has 1 aromatic carbocycles. The summed E-state index contributed by atoms with van der Waals surface area (Å²) < 4.78 is 1.84. The number of fused-ring (bicyclic) bond motifs is 1. The van der Waals surface area contributed by atoms with Crippen molar-refractivity contribution >= 4 is 22.0 Å². The van der Waals surface area contributed by atoms with E-state index in [0.717, 1.165) is 21.2 Å². The third-order valence-electron chi connectivity index (χ3n) is 2.82. The summed E-state index contributed by atoms with van der Waals surface area (Å²) in [6.07, 6.45) is 1.98. The molecule has 0 saturated heterocycles. The molecular formula is C13H14N4S. The summed E-state index contributed by atoms with van der Waals surface area (Å²) in [7, 11) is 4.07. The highest BCUT2D eigenvalue weighted by molar-refractivity contribution is 7.16. The van der Waals surface area contributed by atoms with Crippen LogP contribution in [0, 0.1) is 6.92 Å². The van der Waals surface area contributed by atoms with Crippen molar-refractivity contribution in [1.82, 2.24) is 14.6 Å². The lowest BCUT2D eigenvalue weighted by molar-refractivity contribution is 0.946. The number of aromatic nitrogens is 3. The molecule has 0 fully saturated rings. The highest BCUT2D eigenvalue weighted by Crippen LogP contribution is 2.23. The van der Waals surface area contributed by atoms with Crippen LogP contribution in [0.1, 0.15) is 5.01 Å². The van der Waals surface area contributed by atoms with Gasteiger partial charge in [0.1, 0.15) is 5.01 Å². The van der Waals surface area contributed by atoms with Crippen LogP contribution in [0.2, 0.25) is 0 Å². The molecule has 0 saturated carbocycles. The molecule has 5 heteroatoms. The van der Waals surface area contributed by atoms with E-state index in [2.05, 4.69) is 39.2 Å². The molecule has 0 spiro atoms. The van der Waals surface area contributed by atoms with Gasteiger partial charge in [0, 0.05) is 25.3 Å². The number of anilines is 1. The van der Waals surface area contributed by atoms with Gasteiger partial charge in [0.2, 0.25) is 4.96 Å². The maximum Gasteiger partial charge on any atom is 0.212 e. The van der Waals surface area contributed by atoms with E-state index in [1.54, 1.807) is 11.3 Å². The van der Waals surface area contributed by atoms with Gasteiger partial charge >= 0.3 is 0 Å². The third kappa shape index (κ3) is 1.86. The minimum atomic E-state index is 0.944. The van der Waals surface area contributed by atoms with Crippen LogP contribution < -0.4 is 4.90 Å². The van der Waals surface area contributed by atoms with Gasteiger partial charge in [-0.2, -0.15) is 5.10 Å². The molecule has 0 bridgehead atoms. The van der Waals surface area contributed by atoms with Crippen LogP contribution in [0.25, 0.3) is 16.2 Å². The van der Waals surface area contributed by atoms with Crippen LogP contribution in [-0.4, -0.2) is 28.7 Å². The van der Waals surface area contributed by atoms with Crippen LogP contribution in [0.5, 0.6) is 0 Å². The van der Waals surface area contributed by atoms with E-state index in [9.17, 15) is 0 Å². The van der Waals surface area contributed by atoms with Crippen molar-refractivity contribution in [3.05, 3.63) is 35.5 Å². The fraction of sp³-hybridized carbons (Fsp3) is 0.231. The lowest BCUT2D eigenvalue weighted by Crippen LogP contribution is -2.07. The Morgan fingerprint density at radius 2 is 1.89 bits per heavy atom. The number of rotatable bonds is 2. The molecule has 2 heterocycles. The van der Waals surface area contributed by atoms with E-state index in [4.69, 9.17) is 0 Å². The number of aryl methyl sites for hydroxylation is 1. The van der Waals surface area contributed by atoms with Gasteiger partial charge < -0.3 is 4.90 Å². The van der Waals surface area contributed by atoms with Gasteiger partial charge in [-0.3, -0.25) is 0 Å². The number of hydrogen-bond donors (Lipinski definition) is 0. The fourth-order valence-corrected chi connectivity index (χ4v) is 2.59. The first-order chi connectivity index (χ1) is 8.63. The molecule has 0 aliphatic rings. The summed E-state index contributed by atoms with van der Waals surface area (Å²) in [6.45, 7) is 1.99. The Labute approximate surface area is 110 Å². The highest BCUT2D eigenvalue weighted by atomic mass is 32.1. The average Bonchev–Trinajstić information content (AvgIpc) is 2.86. The summed E-state index contributed by atoms with van der Waals surface area (Å²) in [6, 6.07) is 8.38.